The Hall–Kier alpha value is -3.48. The molecule has 0 bridgehead atoms. The van der Waals surface area contributed by atoms with Gasteiger partial charge in [-0.1, -0.05) is 58.9 Å². The summed E-state index contributed by atoms with van der Waals surface area (Å²) in [6.07, 6.45) is 0.697. The number of nitrogens with zero attached hydrogens (tertiary/aromatic N) is 3. The van der Waals surface area contributed by atoms with Crippen LogP contribution in [0.1, 0.15) is 62.7 Å². The van der Waals surface area contributed by atoms with E-state index >= 15 is 0 Å². The molecule has 0 aliphatic rings. The fraction of sp³-hybridized carbons (Fsp3) is 0.393. The number of aromatic nitrogens is 2. The number of nitrogens with one attached hydrogen (secondary N) is 1. The van der Waals surface area contributed by atoms with Crippen molar-refractivity contribution in [3.05, 3.63) is 77.2 Å². The van der Waals surface area contributed by atoms with E-state index in [-0.39, 0.29) is 23.4 Å². The maximum atomic E-state index is 14.3. The van der Waals surface area contributed by atoms with Crippen LogP contribution >= 0.6 is 0 Å². The van der Waals surface area contributed by atoms with Gasteiger partial charge in [0, 0.05) is 18.0 Å². The lowest BCUT2D eigenvalue weighted by molar-refractivity contribution is -0.117. The van der Waals surface area contributed by atoms with E-state index in [2.05, 4.69) is 26.1 Å². The lowest BCUT2D eigenvalue weighted by Gasteiger charge is -2.23. The monoisotopic (exact) mass is 478 g/mol. The third-order valence-electron chi connectivity index (χ3n) is 5.69. The van der Waals surface area contributed by atoms with E-state index in [1.54, 1.807) is 10.7 Å². The first kappa shape index (κ1) is 26.1. The molecule has 35 heavy (non-hydrogen) atoms. The number of rotatable bonds is 8. The summed E-state index contributed by atoms with van der Waals surface area (Å²) in [5.74, 6) is -0.618. The Kier molecular flexibility index (Phi) is 8.10. The fourth-order valence-electron chi connectivity index (χ4n) is 3.62. The highest BCUT2D eigenvalue weighted by Crippen LogP contribution is 2.26. The van der Waals surface area contributed by atoms with E-state index in [1.165, 1.54) is 23.1 Å². The van der Waals surface area contributed by atoms with Gasteiger partial charge < -0.3 is 10.2 Å². The van der Waals surface area contributed by atoms with E-state index in [9.17, 15) is 14.0 Å². The van der Waals surface area contributed by atoms with Gasteiger partial charge in [-0.05, 0) is 49.1 Å². The Morgan fingerprint density at radius 1 is 1.09 bits per heavy atom. The normalized spacial score (nSPS) is 11.5. The first-order valence-electron chi connectivity index (χ1n) is 12.0. The third-order valence-corrected chi connectivity index (χ3v) is 5.69. The molecule has 0 fully saturated rings. The second-order valence-electron chi connectivity index (χ2n) is 10.4. The average Bonchev–Trinajstić information content (AvgIpc) is 3.20. The van der Waals surface area contributed by atoms with Crippen molar-refractivity contribution < 1.29 is 14.0 Å². The largest absolute Gasteiger partial charge is 0.329 e. The van der Waals surface area contributed by atoms with Crippen molar-refractivity contribution in [1.82, 2.24) is 14.7 Å². The molecule has 186 valence electrons. The smallest absolute Gasteiger partial charge is 0.257 e. The quantitative estimate of drug-likeness (QED) is 0.449. The summed E-state index contributed by atoms with van der Waals surface area (Å²) in [6, 6.07) is 15.6. The Bertz CT molecular complexity index is 1190. The highest BCUT2D eigenvalue weighted by atomic mass is 19.1. The molecular formula is C28H35FN4O2. The molecule has 2 amide bonds. The highest BCUT2D eigenvalue weighted by Gasteiger charge is 2.24. The molecule has 0 radical (unpaired) electrons. The number of carbonyl (C=O) groups excluding carboxylic acids is 2. The molecule has 3 aromatic rings. The van der Waals surface area contributed by atoms with Crippen LogP contribution in [-0.4, -0.2) is 39.6 Å². The summed E-state index contributed by atoms with van der Waals surface area (Å²) in [4.78, 5) is 27.7. The molecular weight excluding hydrogens is 443 g/mol. The molecule has 1 heterocycles. The summed E-state index contributed by atoms with van der Waals surface area (Å²) < 4.78 is 16.0. The molecule has 2 aromatic carbocycles. The third kappa shape index (κ3) is 6.78. The van der Waals surface area contributed by atoms with Gasteiger partial charge in [-0.3, -0.25) is 9.59 Å². The number of aryl methyl sites for hydroxylation is 1. The zero-order chi connectivity index (χ0) is 25.8. The molecule has 0 spiro atoms. The lowest BCUT2D eigenvalue weighted by Crippen LogP contribution is -2.39. The summed E-state index contributed by atoms with van der Waals surface area (Å²) in [5.41, 5.74) is 2.47. The van der Waals surface area contributed by atoms with Gasteiger partial charge >= 0.3 is 0 Å². The molecule has 0 saturated carbocycles. The summed E-state index contributed by atoms with van der Waals surface area (Å²) in [5, 5.41) is 7.68. The van der Waals surface area contributed by atoms with Gasteiger partial charge in [0.05, 0.1) is 16.9 Å². The van der Waals surface area contributed by atoms with Crippen LogP contribution in [0.2, 0.25) is 0 Å². The van der Waals surface area contributed by atoms with Crippen LogP contribution in [-0.2, 0) is 10.2 Å². The number of benzene rings is 2. The first-order valence-corrected chi connectivity index (χ1v) is 12.0. The van der Waals surface area contributed by atoms with Gasteiger partial charge in [-0.25, -0.2) is 9.07 Å². The second-order valence-corrected chi connectivity index (χ2v) is 10.4. The lowest BCUT2D eigenvalue weighted by atomic mass is 9.92. The molecule has 7 heteroatoms. The number of anilines is 1. The van der Waals surface area contributed by atoms with E-state index in [4.69, 9.17) is 5.10 Å². The van der Waals surface area contributed by atoms with E-state index in [0.717, 1.165) is 16.9 Å². The standard InChI is InChI=1S/C28H35FN4O2/c1-19(2)14-15-32(27(35)22-12-7-8-13-23(22)29)18-26(34)30-25-17-24(28(4,5)6)31-33(25)21-11-9-10-20(3)16-21/h7-13,16-17,19H,14-15,18H2,1-6H3,(H,30,34). The highest BCUT2D eigenvalue weighted by molar-refractivity contribution is 5.99. The van der Waals surface area contributed by atoms with Crippen molar-refractivity contribution in [2.24, 2.45) is 5.92 Å². The summed E-state index contributed by atoms with van der Waals surface area (Å²) in [6.45, 7) is 12.4. The van der Waals surface area contributed by atoms with Crippen LogP contribution in [0.15, 0.2) is 54.6 Å². The fourth-order valence-corrected chi connectivity index (χ4v) is 3.62. The minimum Gasteiger partial charge on any atom is -0.329 e. The SMILES string of the molecule is Cc1cccc(-n2nc(C(C)(C)C)cc2NC(=O)CN(CCC(C)C)C(=O)c2ccccc2F)c1. The van der Waals surface area contributed by atoms with Crippen LogP contribution in [0, 0.1) is 18.7 Å². The maximum absolute atomic E-state index is 14.3. The molecule has 0 atom stereocenters. The van der Waals surface area contributed by atoms with Crippen molar-refractivity contribution in [2.45, 2.75) is 53.4 Å². The van der Waals surface area contributed by atoms with Crippen molar-refractivity contribution in [3.63, 3.8) is 0 Å². The van der Waals surface area contributed by atoms with Crippen LogP contribution in [0.4, 0.5) is 10.2 Å². The van der Waals surface area contributed by atoms with Crippen LogP contribution in [0.3, 0.4) is 0 Å². The topological polar surface area (TPSA) is 67.2 Å². The van der Waals surface area contributed by atoms with E-state index in [0.29, 0.717) is 24.7 Å². The van der Waals surface area contributed by atoms with Crippen LogP contribution in [0.5, 0.6) is 0 Å². The number of hydrogen-bond donors (Lipinski definition) is 1. The van der Waals surface area contributed by atoms with Gasteiger partial charge in [0.15, 0.2) is 0 Å². The number of halogens is 1. The predicted molar refractivity (Wildman–Crippen MR) is 137 cm³/mol. The molecule has 3 rings (SSSR count). The zero-order valence-electron chi connectivity index (χ0n) is 21.4. The van der Waals surface area contributed by atoms with Crippen LogP contribution < -0.4 is 5.32 Å². The predicted octanol–water partition coefficient (Wildman–Crippen LogP) is 5.74. The van der Waals surface area contributed by atoms with Gasteiger partial charge in [0.25, 0.3) is 5.91 Å². The molecule has 0 aliphatic carbocycles. The first-order chi connectivity index (χ1) is 16.5. The Balaban J connectivity index is 1.88. The van der Waals surface area contributed by atoms with Gasteiger partial charge in [-0.2, -0.15) is 5.10 Å². The summed E-state index contributed by atoms with van der Waals surface area (Å²) in [7, 11) is 0. The van der Waals surface area contributed by atoms with Crippen LogP contribution in [0.25, 0.3) is 5.69 Å². The molecule has 0 saturated heterocycles. The molecule has 1 aromatic heterocycles. The van der Waals surface area contributed by atoms with Gasteiger partial charge in [-0.15, -0.1) is 0 Å². The van der Waals surface area contributed by atoms with Gasteiger partial charge in [0.2, 0.25) is 5.91 Å². The number of amides is 2. The van der Waals surface area contributed by atoms with Gasteiger partial charge in [0.1, 0.15) is 18.2 Å². The Labute approximate surface area is 207 Å². The van der Waals surface area contributed by atoms with E-state index < -0.39 is 11.7 Å². The Morgan fingerprint density at radius 3 is 2.43 bits per heavy atom. The second kappa shape index (κ2) is 10.8. The Morgan fingerprint density at radius 2 is 1.80 bits per heavy atom. The van der Waals surface area contributed by atoms with Crippen molar-refractivity contribution in [1.29, 1.82) is 0 Å². The minimum atomic E-state index is -0.597. The molecule has 0 unspecified atom stereocenters. The molecule has 1 N–H and O–H groups in total. The van der Waals surface area contributed by atoms with Crippen molar-refractivity contribution in [2.75, 3.05) is 18.4 Å². The zero-order valence-corrected chi connectivity index (χ0v) is 21.4. The average molecular weight is 479 g/mol. The van der Waals surface area contributed by atoms with E-state index in [1.807, 2.05) is 51.1 Å². The number of carbonyl (C=O) groups is 2. The molecule has 6 nitrogen and oxygen atoms in total. The maximum Gasteiger partial charge on any atom is 0.257 e. The minimum absolute atomic E-state index is 0.0381. The van der Waals surface area contributed by atoms with Crippen molar-refractivity contribution >= 4 is 17.6 Å². The summed E-state index contributed by atoms with van der Waals surface area (Å²) >= 11 is 0. The number of hydrogen-bond acceptors (Lipinski definition) is 3. The molecule has 0 aliphatic heterocycles. The van der Waals surface area contributed by atoms with Crippen molar-refractivity contribution in [3.8, 4) is 5.69 Å².